The summed E-state index contributed by atoms with van der Waals surface area (Å²) in [5, 5.41) is 22.2. The third kappa shape index (κ3) is 3.20. The molecule has 30 heavy (non-hydrogen) atoms. The van der Waals surface area contributed by atoms with Gasteiger partial charge in [-0.2, -0.15) is 0 Å². The highest BCUT2D eigenvalue weighted by molar-refractivity contribution is 6.51. The summed E-state index contributed by atoms with van der Waals surface area (Å²) in [4.78, 5) is 41.9. The van der Waals surface area contributed by atoms with Gasteiger partial charge in [0.15, 0.2) is 0 Å². The van der Waals surface area contributed by atoms with Crippen LogP contribution in [0.4, 0.5) is 11.5 Å². The maximum atomic E-state index is 12.9. The molecule has 2 aromatic carbocycles. The number of aromatic nitrogens is 1. The molecule has 1 aromatic heterocycles. The van der Waals surface area contributed by atoms with E-state index in [4.69, 9.17) is 0 Å². The maximum Gasteiger partial charge on any atom is 0.301 e. The number of non-ortho nitro benzene ring substituents is 1. The average Bonchev–Trinajstić information content (AvgIpc) is 3.05. The van der Waals surface area contributed by atoms with Crippen LogP contribution in [0.5, 0.6) is 0 Å². The maximum absolute atomic E-state index is 12.9. The van der Waals surface area contributed by atoms with E-state index in [1.807, 2.05) is 0 Å². The lowest BCUT2D eigenvalue weighted by Gasteiger charge is -2.24. The Bertz CT molecular complexity index is 1180. The molecular formula is C22H15N3O5. The first-order valence-electron chi connectivity index (χ1n) is 9.01. The fraction of sp³-hybridized carbons (Fsp3) is 0.0455. The lowest BCUT2D eigenvalue weighted by atomic mass is 9.95. The highest BCUT2D eigenvalue weighted by atomic mass is 16.6. The van der Waals surface area contributed by atoms with Gasteiger partial charge in [0.1, 0.15) is 11.6 Å². The monoisotopic (exact) mass is 401 g/mol. The Labute approximate surface area is 170 Å². The summed E-state index contributed by atoms with van der Waals surface area (Å²) in [6, 6.07) is 17.8. The largest absolute Gasteiger partial charge is 0.507 e. The second-order valence-corrected chi connectivity index (χ2v) is 6.58. The molecule has 8 nitrogen and oxygen atoms in total. The first-order valence-corrected chi connectivity index (χ1v) is 9.01. The van der Waals surface area contributed by atoms with E-state index in [1.54, 1.807) is 54.6 Å². The van der Waals surface area contributed by atoms with E-state index < -0.39 is 22.7 Å². The van der Waals surface area contributed by atoms with Crippen molar-refractivity contribution < 1.29 is 19.6 Å². The molecular weight excluding hydrogens is 386 g/mol. The molecule has 1 aliphatic heterocycles. The second kappa shape index (κ2) is 7.59. The van der Waals surface area contributed by atoms with E-state index >= 15 is 0 Å². The van der Waals surface area contributed by atoms with Crippen molar-refractivity contribution in [1.29, 1.82) is 0 Å². The van der Waals surface area contributed by atoms with Gasteiger partial charge in [0.05, 0.1) is 16.5 Å². The minimum atomic E-state index is -1.07. The van der Waals surface area contributed by atoms with E-state index in [0.29, 0.717) is 11.1 Å². The number of nitro groups is 1. The molecule has 1 fully saturated rings. The van der Waals surface area contributed by atoms with Gasteiger partial charge in [-0.1, -0.05) is 48.5 Å². The number of carbonyl (C=O) groups is 2. The van der Waals surface area contributed by atoms with Crippen LogP contribution in [0.1, 0.15) is 17.2 Å². The molecule has 0 unspecified atom stereocenters. The third-order valence-electron chi connectivity index (χ3n) is 4.78. The minimum Gasteiger partial charge on any atom is -0.507 e. The van der Waals surface area contributed by atoms with Crippen LogP contribution >= 0.6 is 0 Å². The predicted octanol–water partition coefficient (Wildman–Crippen LogP) is 3.62. The van der Waals surface area contributed by atoms with Crippen LogP contribution in [0.2, 0.25) is 0 Å². The molecule has 0 aliphatic carbocycles. The van der Waals surface area contributed by atoms with Gasteiger partial charge >= 0.3 is 5.91 Å². The van der Waals surface area contributed by atoms with E-state index in [9.17, 15) is 24.8 Å². The van der Waals surface area contributed by atoms with Crippen molar-refractivity contribution >= 4 is 29.0 Å². The van der Waals surface area contributed by atoms with Crippen molar-refractivity contribution in [3.8, 4) is 0 Å². The molecule has 1 atom stereocenters. The number of hydrogen-bond donors (Lipinski definition) is 1. The summed E-state index contributed by atoms with van der Waals surface area (Å²) in [5.41, 5.74) is 0.314. The summed E-state index contributed by atoms with van der Waals surface area (Å²) < 4.78 is 0. The van der Waals surface area contributed by atoms with Crippen molar-refractivity contribution in [1.82, 2.24) is 4.98 Å². The zero-order valence-electron chi connectivity index (χ0n) is 15.5. The number of aliphatic hydroxyl groups excluding tert-OH is 1. The number of nitrogens with zero attached hydrogens (tertiary/aromatic N) is 3. The second-order valence-electron chi connectivity index (χ2n) is 6.58. The molecule has 4 rings (SSSR count). The summed E-state index contributed by atoms with van der Waals surface area (Å²) in [7, 11) is 0. The minimum absolute atomic E-state index is 0.155. The number of nitro benzene ring substituents is 1. The van der Waals surface area contributed by atoms with Gasteiger partial charge in [-0.3, -0.25) is 24.6 Å². The molecule has 2 heterocycles. The van der Waals surface area contributed by atoms with Crippen LogP contribution in [-0.2, 0) is 9.59 Å². The molecule has 1 amide bonds. The van der Waals surface area contributed by atoms with Crippen LogP contribution in [0.3, 0.4) is 0 Å². The van der Waals surface area contributed by atoms with Gasteiger partial charge in [0.25, 0.3) is 11.5 Å². The molecule has 1 aliphatic rings. The first kappa shape index (κ1) is 19.0. The number of rotatable bonds is 4. The number of anilines is 1. The molecule has 0 bridgehead atoms. The normalized spacial score (nSPS) is 17.9. The molecule has 1 saturated heterocycles. The Morgan fingerprint density at radius 3 is 2.40 bits per heavy atom. The number of amides is 1. The van der Waals surface area contributed by atoms with Gasteiger partial charge in [-0.25, -0.2) is 4.98 Å². The standard InChI is InChI=1S/C22H15N3O5/c26-20(14-7-2-1-3-8-14)18-19(15-9-6-10-16(13-15)25(29)30)24(22(28)21(18)27)17-11-4-5-12-23-17/h1-13,19,26H/t19-/m0/s1. The number of carbonyl (C=O) groups excluding carboxylic acids is 2. The Morgan fingerprint density at radius 2 is 1.73 bits per heavy atom. The quantitative estimate of drug-likeness (QED) is 0.235. The number of ketones is 1. The van der Waals surface area contributed by atoms with Crippen molar-refractivity contribution in [2.45, 2.75) is 6.04 Å². The van der Waals surface area contributed by atoms with Crippen molar-refractivity contribution in [2.75, 3.05) is 4.90 Å². The molecule has 8 heteroatoms. The number of hydrogen-bond acceptors (Lipinski definition) is 6. The lowest BCUT2D eigenvalue weighted by molar-refractivity contribution is -0.384. The first-order chi connectivity index (χ1) is 14.5. The average molecular weight is 401 g/mol. The van der Waals surface area contributed by atoms with Crippen LogP contribution < -0.4 is 4.90 Å². The van der Waals surface area contributed by atoms with Crippen LogP contribution in [0.15, 0.2) is 84.6 Å². The van der Waals surface area contributed by atoms with Crippen LogP contribution in [0, 0.1) is 10.1 Å². The van der Waals surface area contributed by atoms with Crippen LogP contribution in [0.25, 0.3) is 5.76 Å². The van der Waals surface area contributed by atoms with E-state index in [-0.39, 0.29) is 22.8 Å². The van der Waals surface area contributed by atoms with Gasteiger partial charge in [0, 0.05) is 23.9 Å². The molecule has 3 aromatic rings. The van der Waals surface area contributed by atoms with Crippen molar-refractivity contribution in [2.24, 2.45) is 0 Å². The fourth-order valence-electron chi connectivity index (χ4n) is 3.44. The van der Waals surface area contributed by atoms with E-state index in [1.165, 1.54) is 24.4 Å². The Morgan fingerprint density at radius 1 is 1.00 bits per heavy atom. The topological polar surface area (TPSA) is 114 Å². The molecule has 0 saturated carbocycles. The Balaban J connectivity index is 1.97. The number of Topliss-reactive ketones (excluding diaryl/α,β-unsaturated/α-hetero) is 1. The highest BCUT2D eigenvalue weighted by Crippen LogP contribution is 2.42. The Hall–Kier alpha value is -4.33. The van der Waals surface area contributed by atoms with Crippen molar-refractivity contribution in [3.63, 3.8) is 0 Å². The van der Waals surface area contributed by atoms with Crippen LogP contribution in [-0.4, -0.2) is 26.7 Å². The summed E-state index contributed by atoms with van der Waals surface area (Å²) in [6.07, 6.45) is 1.47. The van der Waals surface area contributed by atoms with Gasteiger partial charge in [-0.05, 0) is 17.7 Å². The van der Waals surface area contributed by atoms with E-state index in [2.05, 4.69) is 4.98 Å². The number of aliphatic hydroxyl groups is 1. The Kier molecular flexibility index (Phi) is 4.81. The SMILES string of the molecule is O=C1C(=O)N(c2ccccn2)[C@@H](c2cccc([N+](=O)[O-])c2)C1=C(O)c1ccccc1. The van der Waals surface area contributed by atoms with Gasteiger partial charge < -0.3 is 5.11 Å². The third-order valence-corrected chi connectivity index (χ3v) is 4.78. The number of benzene rings is 2. The molecule has 0 spiro atoms. The molecule has 0 radical (unpaired) electrons. The lowest BCUT2D eigenvalue weighted by Crippen LogP contribution is -2.30. The predicted molar refractivity (Wildman–Crippen MR) is 109 cm³/mol. The highest BCUT2D eigenvalue weighted by Gasteiger charge is 2.47. The van der Waals surface area contributed by atoms with E-state index in [0.717, 1.165) is 4.90 Å². The smallest absolute Gasteiger partial charge is 0.301 e. The van der Waals surface area contributed by atoms with Crippen molar-refractivity contribution in [3.05, 3.63) is 106 Å². The van der Waals surface area contributed by atoms with Gasteiger partial charge in [0.2, 0.25) is 0 Å². The molecule has 148 valence electrons. The zero-order valence-corrected chi connectivity index (χ0v) is 15.5. The zero-order chi connectivity index (χ0) is 21.3. The number of pyridine rings is 1. The van der Waals surface area contributed by atoms with Gasteiger partial charge in [-0.15, -0.1) is 0 Å². The molecule has 1 N–H and O–H groups in total. The fourth-order valence-corrected chi connectivity index (χ4v) is 3.44. The summed E-state index contributed by atoms with van der Waals surface area (Å²) in [5.74, 6) is -1.92. The summed E-state index contributed by atoms with van der Waals surface area (Å²) in [6.45, 7) is 0. The summed E-state index contributed by atoms with van der Waals surface area (Å²) >= 11 is 0.